The number of ether oxygens (including phenoxy) is 1. The fraction of sp³-hybridized carbons (Fsp3) is 0.333. The van der Waals surface area contributed by atoms with Crippen LogP contribution in [0.3, 0.4) is 0 Å². The van der Waals surface area contributed by atoms with E-state index < -0.39 is 23.8 Å². The van der Waals surface area contributed by atoms with Gasteiger partial charge in [0, 0.05) is 30.7 Å². The van der Waals surface area contributed by atoms with Gasteiger partial charge in [0.15, 0.2) is 0 Å². The molecule has 1 fully saturated rings. The van der Waals surface area contributed by atoms with E-state index >= 15 is 0 Å². The molecule has 1 heterocycles. The Hall–Kier alpha value is -2.58. The molecule has 0 atom stereocenters. The lowest BCUT2D eigenvalue weighted by Crippen LogP contribution is -2.38. The zero-order valence-electron chi connectivity index (χ0n) is 15.9. The van der Waals surface area contributed by atoms with Crippen LogP contribution in [0.1, 0.15) is 40.2 Å². The van der Waals surface area contributed by atoms with Gasteiger partial charge in [-0.25, -0.2) is 4.79 Å². The SMILES string of the molecule is NCc1cccc(C2CCN(C(=O)c3ccc(Cl)cc3OC(=O)C(F)(F)F)CC2)c1. The Morgan fingerprint density at radius 3 is 2.47 bits per heavy atom. The Labute approximate surface area is 176 Å². The summed E-state index contributed by atoms with van der Waals surface area (Å²) in [6.45, 7) is 1.29. The average Bonchev–Trinajstić information content (AvgIpc) is 2.73. The lowest BCUT2D eigenvalue weighted by molar-refractivity contribution is -0.189. The van der Waals surface area contributed by atoms with Gasteiger partial charge in [0.25, 0.3) is 5.91 Å². The third-order valence-corrected chi connectivity index (χ3v) is 5.28. The second-order valence-electron chi connectivity index (χ2n) is 7.04. The molecule has 2 aromatic carbocycles. The van der Waals surface area contributed by atoms with Crippen LogP contribution in [0.2, 0.25) is 5.02 Å². The fourth-order valence-corrected chi connectivity index (χ4v) is 3.64. The van der Waals surface area contributed by atoms with E-state index in [1.807, 2.05) is 18.2 Å². The number of alkyl halides is 3. The molecule has 3 rings (SSSR count). The van der Waals surface area contributed by atoms with Gasteiger partial charge in [0.2, 0.25) is 0 Å². The molecule has 0 unspecified atom stereocenters. The molecule has 0 aromatic heterocycles. The molecule has 2 aromatic rings. The number of piperidine rings is 1. The maximum Gasteiger partial charge on any atom is 0.491 e. The Morgan fingerprint density at radius 1 is 1.13 bits per heavy atom. The monoisotopic (exact) mass is 440 g/mol. The van der Waals surface area contributed by atoms with Crippen LogP contribution in [0.4, 0.5) is 13.2 Å². The molecule has 9 heteroatoms. The van der Waals surface area contributed by atoms with Gasteiger partial charge in [-0.05, 0) is 42.0 Å². The molecule has 1 aliphatic heterocycles. The average molecular weight is 441 g/mol. The first-order valence-corrected chi connectivity index (χ1v) is 9.73. The largest absolute Gasteiger partial charge is 0.491 e. The van der Waals surface area contributed by atoms with E-state index in [4.69, 9.17) is 17.3 Å². The first kappa shape index (κ1) is 22.1. The molecule has 2 N–H and O–H groups in total. The first-order chi connectivity index (χ1) is 14.2. The second kappa shape index (κ2) is 9.06. The number of likely N-dealkylation sites (tertiary alicyclic amines) is 1. The van der Waals surface area contributed by atoms with Crippen molar-refractivity contribution in [3.63, 3.8) is 0 Å². The summed E-state index contributed by atoms with van der Waals surface area (Å²) in [7, 11) is 0. The highest BCUT2D eigenvalue weighted by atomic mass is 35.5. The number of benzene rings is 2. The maximum atomic E-state index is 12.9. The van der Waals surface area contributed by atoms with Crippen molar-refractivity contribution in [1.29, 1.82) is 0 Å². The number of halogens is 4. The van der Waals surface area contributed by atoms with Gasteiger partial charge in [-0.3, -0.25) is 4.79 Å². The number of esters is 1. The van der Waals surface area contributed by atoms with Gasteiger partial charge < -0.3 is 15.4 Å². The van der Waals surface area contributed by atoms with Crippen LogP contribution in [-0.2, 0) is 11.3 Å². The van der Waals surface area contributed by atoms with Crippen LogP contribution in [0.25, 0.3) is 0 Å². The number of nitrogens with two attached hydrogens (primary N) is 1. The summed E-state index contributed by atoms with van der Waals surface area (Å²) in [4.78, 5) is 25.7. The van der Waals surface area contributed by atoms with Crippen LogP contribution in [-0.4, -0.2) is 36.0 Å². The molecule has 0 radical (unpaired) electrons. The third-order valence-electron chi connectivity index (χ3n) is 5.05. The number of hydrogen-bond donors (Lipinski definition) is 1. The van der Waals surface area contributed by atoms with Crippen LogP contribution < -0.4 is 10.5 Å². The summed E-state index contributed by atoms with van der Waals surface area (Å²) in [5, 5.41) is 0.0509. The zero-order chi connectivity index (χ0) is 21.9. The van der Waals surface area contributed by atoms with Crippen molar-refractivity contribution in [3.8, 4) is 5.75 Å². The molecule has 1 saturated heterocycles. The topological polar surface area (TPSA) is 72.6 Å². The normalized spacial score (nSPS) is 15.2. The van der Waals surface area contributed by atoms with Crippen LogP contribution in [0.15, 0.2) is 42.5 Å². The van der Waals surface area contributed by atoms with Gasteiger partial charge in [0.05, 0.1) is 5.56 Å². The van der Waals surface area contributed by atoms with Crippen molar-refractivity contribution in [3.05, 3.63) is 64.2 Å². The van der Waals surface area contributed by atoms with Crippen molar-refractivity contribution in [2.24, 2.45) is 5.73 Å². The molecular weight excluding hydrogens is 421 g/mol. The van der Waals surface area contributed by atoms with Crippen molar-refractivity contribution >= 4 is 23.5 Å². The molecular formula is C21H20ClF3N2O3. The van der Waals surface area contributed by atoms with Crippen molar-refractivity contribution < 1.29 is 27.5 Å². The van der Waals surface area contributed by atoms with E-state index in [0.29, 0.717) is 32.5 Å². The van der Waals surface area contributed by atoms with Gasteiger partial charge in [-0.2, -0.15) is 13.2 Å². The summed E-state index contributed by atoms with van der Waals surface area (Å²) < 4.78 is 42.1. The smallest absolute Gasteiger partial charge is 0.419 e. The Kier molecular flexibility index (Phi) is 6.67. The Morgan fingerprint density at radius 2 is 1.83 bits per heavy atom. The maximum absolute atomic E-state index is 12.9. The molecule has 1 aliphatic rings. The minimum absolute atomic E-state index is 0.0509. The molecule has 30 heavy (non-hydrogen) atoms. The van der Waals surface area contributed by atoms with Crippen LogP contribution >= 0.6 is 11.6 Å². The highest BCUT2D eigenvalue weighted by Crippen LogP contribution is 2.32. The zero-order valence-corrected chi connectivity index (χ0v) is 16.7. The van der Waals surface area contributed by atoms with E-state index in [9.17, 15) is 22.8 Å². The third kappa shape index (κ3) is 5.12. The van der Waals surface area contributed by atoms with Crippen molar-refractivity contribution in [1.82, 2.24) is 4.90 Å². The molecule has 0 spiro atoms. The highest BCUT2D eigenvalue weighted by Gasteiger charge is 2.42. The fourth-order valence-electron chi connectivity index (χ4n) is 3.48. The standard InChI is InChI=1S/C21H20ClF3N2O3/c22-16-4-5-17(18(11-16)30-20(29)21(23,24)25)19(28)27-8-6-14(7-9-27)15-3-1-2-13(10-15)12-26/h1-5,10-11,14H,6-9,12,26H2. The van der Waals surface area contributed by atoms with E-state index in [1.54, 1.807) is 0 Å². The number of rotatable bonds is 4. The van der Waals surface area contributed by atoms with E-state index in [0.717, 1.165) is 17.2 Å². The Balaban J connectivity index is 1.72. The second-order valence-corrected chi connectivity index (χ2v) is 7.48. The quantitative estimate of drug-likeness (QED) is 0.568. The summed E-state index contributed by atoms with van der Waals surface area (Å²) in [6, 6.07) is 11.6. The van der Waals surface area contributed by atoms with Gasteiger partial charge in [-0.15, -0.1) is 0 Å². The minimum atomic E-state index is -5.18. The van der Waals surface area contributed by atoms with E-state index in [2.05, 4.69) is 10.8 Å². The predicted octanol–water partition coefficient (Wildman–Crippen LogP) is 4.29. The molecule has 5 nitrogen and oxygen atoms in total. The summed E-state index contributed by atoms with van der Waals surface area (Å²) in [5.41, 5.74) is 7.73. The summed E-state index contributed by atoms with van der Waals surface area (Å²) in [5.74, 6) is -3.16. The van der Waals surface area contributed by atoms with E-state index in [1.165, 1.54) is 17.0 Å². The van der Waals surface area contributed by atoms with Crippen LogP contribution in [0, 0.1) is 0 Å². The van der Waals surface area contributed by atoms with Crippen molar-refractivity contribution in [2.45, 2.75) is 31.5 Å². The van der Waals surface area contributed by atoms with Crippen LogP contribution in [0.5, 0.6) is 5.75 Å². The summed E-state index contributed by atoms with van der Waals surface area (Å²) >= 11 is 5.81. The van der Waals surface area contributed by atoms with E-state index in [-0.39, 0.29) is 16.5 Å². The number of carbonyl (C=O) groups is 2. The number of nitrogens with zero attached hydrogens (tertiary/aromatic N) is 1. The molecule has 0 bridgehead atoms. The minimum Gasteiger partial charge on any atom is -0.419 e. The summed E-state index contributed by atoms with van der Waals surface area (Å²) in [6.07, 6.45) is -3.78. The lowest BCUT2D eigenvalue weighted by atomic mass is 9.88. The molecule has 1 amide bonds. The number of carbonyl (C=O) groups excluding carboxylic acids is 2. The molecule has 0 saturated carbocycles. The molecule has 160 valence electrons. The lowest BCUT2D eigenvalue weighted by Gasteiger charge is -2.32. The molecule has 0 aliphatic carbocycles. The Bertz CT molecular complexity index is 941. The van der Waals surface area contributed by atoms with Gasteiger partial charge >= 0.3 is 12.1 Å². The van der Waals surface area contributed by atoms with Gasteiger partial charge in [0.1, 0.15) is 5.75 Å². The first-order valence-electron chi connectivity index (χ1n) is 9.35. The number of hydrogen-bond acceptors (Lipinski definition) is 4. The predicted molar refractivity (Wildman–Crippen MR) is 105 cm³/mol. The highest BCUT2D eigenvalue weighted by molar-refractivity contribution is 6.30. The van der Waals surface area contributed by atoms with Gasteiger partial charge in [-0.1, -0.05) is 35.9 Å². The number of amides is 1. The van der Waals surface area contributed by atoms with Crippen molar-refractivity contribution in [2.75, 3.05) is 13.1 Å².